The lowest BCUT2D eigenvalue weighted by atomic mass is 9.92. The summed E-state index contributed by atoms with van der Waals surface area (Å²) in [6, 6.07) is 9.25. The summed E-state index contributed by atoms with van der Waals surface area (Å²) in [5.41, 5.74) is 2.61. The van der Waals surface area contributed by atoms with Gasteiger partial charge in [0.25, 0.3) is 0 Å². The van der Waals surface area contributed by atoms with Crippen LogP contribution in [0.5, 0.6) is 0 Å². The third kappa shape index (κ3) is 7.96. The first-order valence-electron chi connectivity index (χ1n) is 11.1. The smallest absolute Gasteiger partial charge is 0.191 e. The molecular formula is C23H41N5O. The highest BCUT2D eigenvalue weighted by molar-refractivity contribution is 5.79. The number of hydrogen-bond acceptors (Lipinski definition) is 4. The van der Waals surface area contributed by atoms with Crippen molar-refractivity contribution in [2.45, 2.75) is 45.8 Å². The molecule has 1 aliphatic rings. The second-order valence-electron chi connectivity index (χ2n) is 8.16. The van der Waals surface area contributed by atoms with Crippen LogP contribution in [-0.2, 0) is 17.8 Å². The summed E-state index contributed by atoms with van der Waals surface area (Å²) in [6.07, 6.45) is 2.40. The molecule has 0 aromatic heterocycles. The lowest BCUT2D eigenvalue weighted by molar-refractivity contribution is 0.00272. The van der Waals surface area contributed by atoms with Crippen LogP contribution >= 0.6 is 0 Å². The van der Waals surface area contributed by atoms with Gasteiger partial charge in [-0.3, -0.25) is 9.89 Å². The van der Waals surface area contributed by atoms with Gasteiger partial charge in [-0.25, -0.2) is 0 Å². The highest BCUT2D eigenvalue weighted by Gasteiger charge is 2.26. The Balaban J connectivity index is 1.92. The van der Waals surface area contributed by atoms with Crippen LogP contribution < -0.4 is 10.6 Å². The molecule has 6 heteroatoms. The van der Waals surface area contributed by atoms with Crippen LogP contribution in [0.25, 0.3) is 0 Å². The zero-order valence-corrected chi connectivity index (χ0v) is 19.1. The molecule has 1 fully saturated rings. The Morgan fingerprint density at radius 1 is 1.14 bits per heavy atom. The quantitative estimate of drug-likeness (QED) is 0.464. The Morgan fingerprint density at radius 2 is 1.83 bits per heavy atom. The minimum absolute atomic E-state index is 0.510. The van der Waals surface area contributed by atoms with E-state index in [0.29, 0.717) is 12.0 Å². The second-order valence-corrected chi connectivity index (χ2v) is 8.16. The van der Waals surface area contributed by atoms with E-state index in [4.69, 9.17) is 4.74 Å². The van der Waals surface area contributed by atoms with Crippen molar-refractivity contribution in [3.63, 3.8) is 0 Å². The highest BCUT2D eigenvalue weighted by Crippen LogP contribution is 2.19. The molecule has 1 heterocycles. The average Bonchev–Trinajstić information content (AvgIpc) is 2.73. The fraction of sp³-hybridized carbons (Fsp3) is 0.696. The Labute approximate surface area is 177 Å². The highest BCUT2D eigenvalue weighted by atomic mass is 16.5. The van der Waals surface area contributed by atoms with E-state index in [2.05, 4.69) is 77.6 Å². The van der Waals surface area contributed by atoms with Gasteiger partial charge in [-0.05, 0) is 31.1 Å². The van der Waals surface area contributed by atoms with Crippen LogP contribution in [0.4, 0.5) is 0 Å². The normalized spacial score (nSPS) is 17.0. The van der Waals surface area contributed by atoms with Crippen molar-refractivity contribution in [3.8, 4) is 0 Å². The average molecular weight is 404 g/mol. The minimum Gasteiger partial charge on any atom is -0.379 e. The van der Waals surface area contributed by atoms with E-state index in [-0.39, 0.29) is 0 Å². The Morgan fingerprint density at radius 3 is 2.45 bits per heavy atom. The second kappa shape index (κ2) is 12.8. The van der Waals surface area contributed by atoms with Crippen molar-refractivity contribution in [3.05, 3.63) is 35.4 Å². The first kappa shape index (κ1) is 23.6. The molecule has 1 aromatic rings. The van der Waals surface area contributed by atoms with Gasteiger partial charge >= 0.3 is 0 Å². The van der Waals surface area contributed by atoms with E-state index in [1.807, 2.05) is 7.05 Å². The molecule has 1 aromatic carbocycles. The number of nitrogens with one attached hydrogen (secondary N) is 2. The van der Waals surface area contributed by atoms with E-state index in [1.165, 1.54) is 24.0 Å². The van der Waals surface area contributed by atoms with Gasteiger partial charge in [0.05, 0.1) is 13.2 Å². The third-order valence-corrected chi connectivity index (χ3v) is 5.76. The number of nitrogens with zero attached hydrogens (tertiary/aromatic N) is 3. The topological polar surface area (TPSA) is 52.1 Å². The molecule has 0 radical (unpaired) electrons. The van der Waals surface area contributed by atoms with Crippen molar-refractivity contribution < 1.29 is 4.74 Å². The summed E-state index contributed by atoms with van der Waals surface area (Å²) in [5.74, 6) is 1.55. The van der Waals surface area contributed by atoms with Gasteiger partial charge in [0.15, 0.2) is 5.96 Å². The summed E-state index contributed by atoms with van der Waals surface area (Å²) in [5, 5.41) is 7.06. The van der Waals surface area contributed by atoms with Gasteiger partial charge in [-0.15, -0.1) is 0 Å². The molecule has 0 bridgehead atoms. The van der Waals surface area contributed by atoms with E-state index < -0.39 is 0 Å². The summed E-state index contributed by atoms with van der Waals surface area (Å²) >= 11 is 0. The molecular weight excluding hydrogens is 362 g/mol. The lowest BCUT2D eigenvalue weighted by Gasteiger charge is -2.39. The van der Waals surface area contributed by atoms with Gasteiger partial charge in [-0.1, -0.05) is 51.0 Å². The van der Waals surface area contributed by atoms with Gasteiger partial charge < -0.3 is 20.3 Å². The van der Waals surface area contributed by atoms with Gasteiger partial charge in [-0.2, -0.15) is 0 Å². The number of ether oxygens (including phenoxy) is 1. The van der Waals surface area contributed by atoms with E-state index >= 15 is 0 Å². The van der Waals surface area contributed by atoms with Crippen LogP contribution in [0.2, 0.25) is 0 Å². The Hall–Kier alpha value is -1.63. The maximum Gasteiger partial charge on any atom is 0.191 e. The molecule has 0 amide bonds. The van der Waals surface area contributed by atoms with Crippen molar-refractivity contribution in [2.24, 2.45) is 10.9 Å². The summed E-state index contributed by atoms with van der Waals surface area (Å²) < 4.78 is 5.56. The number of aliphatic imine (C=N–C) groups is 1. The zero-order chi connectivity index (χ0) is 21.1. The van der Waals surface area contributed by atoms with Crippen molar-refractivity contribution in [1.82, 2.24) is 20.4 Å². The number of morpholine rings is 1. The predicted molar refractivity (Wildman–Crippen MR) is 122 cm³/mol. The van der Waals surface area contributed by atoms with Crippen molar-refractivity contribution in [1.29, 1.82) is 0 Å². The fourth-order valence-electron chi connectivity index (χ4n) is 4.15. The van der Waals surface area contributed by atoms with E-state index in [0.717, 1.165) is 51.9 Å². The molecule has 1 atom stereocenters. The van der Waals surface area contributed by atoms with Crippen LogP contribution in [-0.4, -0.2) is 75.8 Å². The molecule has 0 saturated carbocycles. The van der Waals surface area contributed by atoms with Crippen molar-refractivity contribution >= 4 is 5.96 Å². The summed E-state index contributed by atoms with van der Waals surface area (Å²) in [7, 11) is 6.04. The zero-order valence-electron chi connectivity index (χ0n) is 19.1. The van der Waals surface area contributed by atoms with Gasteiger partial charge in [0, 0.05) is 45.8 Å². The fourth-order valence-corrected chi connectivity index (χ4v) is 4.15. The largest absolute Gasteiger partial charge is 0.379 e. The Bertz CT molecular complexity index is 609. The van der Waals surface area contributed by atoms with Crippen LogP contribution in [0, 0.1) is 5.92 Å². The summed E-state index contributed by atoms with van der Waals surface area (Å²) in [4.78, 5) is 9.23. The first-order valence-corrected chi connectivity index (χ1v) is 11.1. The molecule has 164 valence electrons. The Kier molecular flexibility index (Phi) is 10.5. The summed E-state index contributed by atoms with van der Waals surface area (Å²) in [6.45, 7) is 11.0. The number of hydrogen-bond donors (Lipinski definition) is 2. The van der Waals surface area contributed by atoms with Gasteiger partial charge in [0.2, 0.25) is 0 Å². The monoisotopic (exact) mass is 403 g/mol. The van der Waals surface area contributed by atoms with Gasteiger partial charge in [0.1, 0.15) is 0 Å². The van der Waals surface area contributed by atoms with Crippen LogP contribution in [0.3, 0.4) is 0 Å². The van der Waals surface area contributed by atoms with E-state index in [1.54, 1.807) is 0 Å². The van der Waals surface area contributed by atoms with Crippen LogP contribution in [0.1, 0.15) is 37.8 Å². The molecule has 1 unspecified atom stereocenters. The molecule has 2 N–H and O–H groups in total. The molecule has 1 aliphatic heterocycles. The number of rotatable bonds is 10. The lowest BCUT2D eigenvalue weighted by Crippen LogP contribution is -2.53. The number of guanidine groups is 1. The SMILES string of the molecule is CCC(CC)C(CNC(=NC)NCc1cccc(CN(C)C)c1)N1CCOCC1. The van der Waals surface area contributed by atoms with Crippen LogP contribution in [0.15, 0.2) is 29.3 Å². The predicted octanol–water partition coefficient (Wildman–Crippen LogP) is 2.55. The standard InChI is InChI=1S/C23H41N5O/c1-6-21(7-2)22(28-11-13-29-14-12-28)17-26-23(24-3)25-16-19-9-8-10-20(15-19)18-27(4)5/h8-10,15,21-22H,6-7,11-14,16-18H2,1-5H3,(H2,24,25,26). The maximum atomic E-state index is 5.56. The molecule has 0 spiro atoms. The van der Waals surface area contributed by atoms with E-state index in [9.17, 15) is 0 Å². The molecule has 0 aliphatic carbocycles. The third-order valence-electron chi connectivity index (χ3n) is 5.76. The van der Waals surface area contributed by atoms with Crippen molar-refractivity contribution in [2.75, 3.05) is 54.0 Å². The molecule has 6 nitrogen and oxygen atoms in total. The number of benzene rings is 1. The molecule has 1 saturated heterocycles. The molecule has 2 rings (SSSR count). The maximum absolute atomic E-state index is 5.56. The molecule has 29 heavy (non-hydrogen) atoms. The first-order chi connectivity index (χ1) is 14.1. The minimum atomic E-state index is 0.510.